The summed E-state index contributed by atoms with van der Waals surface area (Å²) in [6.45, 7) is 0.207. The number of hydrogen-bond donors (Lipinski definition) is 4. The second-order valence-corrected chi connectivity index (χ2v) is 12.5. The van der Waals surface area contributed by atoms with Crippen molar-refractivity contribution in [3.05, 3.63) is 43.7 Å². The lowest BCUT2D eigenvalue weighted by atomic mass is 10.1. The zero-order valence-corrected chi connectivity index (χ0v) is 24.7. The van der Waals surface area contributed by atoms with E-state index in [-0.39, 0.29) is 54.9 Å². The number of nitrogens with one attached hydrogen (secondary N) is 1. The molecule has 12 nitrogen and oxygen atoms in total. The van der Waals surface area contributed by atoms with Crippen molar-refractivity contribution in [3.63, 3.8) is 0 Å². The Kier molecular flexibility index (Phi) is 10.3. The van der Waals surface area contributed by atoms with Crippen LogP contribution in [0.2, 0.25) is 0 Å². The Bertz CT molecular complexity index is 1330. The van der Waals surface area contributed by atoms with Crippen LogP contribution in [0.4, 0.5) is 0 Å². The van der Waals surface area contributed by atoms with Gasteiger partial charge >= 0.3 is 5.97 Å². The topological polar surface area (TPSA) is 187 Å². The number of rotatable bonds is 12. The van der Waals surface area contributed by atoms with Crippen molar-refractivity contribution < 1.29 is 32.6 Å². The third-order valence-electron chi connectivity index (χ3n) is 5.44. The van der Waals surface area contributed by atoms with Crippen LogP contribution in [-0.4, -0.2) is 66.4 Å². The number of nitrogens with zero attached hydrogens (tertiary/aromatic N) is 2. The van der Waals surface area contributed by atoms with E-state index in [2.05, 4.69) is 42.3 Å². The monoisotopic (exact) mass is 693 g/mol. The summed E-state index contributed by atoms with van der Waals surface area (Å²) in [5.41, 5.74) is 14.1. The first kappa shape index (κ1) is 30.0. The molecule has 0 spiro atoms. The molecule has 0 fully saturated rings. The molecule has 1 atom stereocenters. The van der Waals surface area contributed by atoms with Crippen LogP contribution in [0.25, 0.3) is 0 Å². The molecule has 0 aromatic heterocycles. The number of nitrogens with two attached hydrogens (primary N) is 2. The zero-order valence-electron chi connectivity index (χ0n) is 19.9. The lowest BCUT2D eigenvalue weighted by Gasteiger charge is -2.30. The number of carboxylic acids is 1. The van der Waals surface area contributed by atoms with Crippen LogP contribution >= 0.6 is 44.1 Å². The molecule has 1 heterocycles. The number of aliphatic carboxylic acids is 1. The predicted octanol–water partition coefficient (Wildman–Crippen LogP) is 1.83. The number of ether oxygens (including phenoxy) is 2. The second kappa shape index (κ2) is 13.0. The van der Waals surface area contributed by atoms with Gasteiger partial charge in [0, 0.05) is 33.3 Å². The number of amides is 1. The minimum atomic E-state index is -4.20. The van der Waals surface area contributed by atoms with Gasteiger partial charge in [-0.3, -0.25) is 14.8 Å². The zero-order chi connectivity index (χ0) is 28.0. The van der Waals surface area contributed by atoms with Crippen molar-refractivity contribution in [1.82, 2.24) is 10.4 Å². The summed E-state index contributed by atoms with van der Waals surface area (Å²) in [4.78, 5) is 29.3. The number of benzene rings is 1. The van der Waals surface area contributed by atoms with Crippen molar-refractivity contribution in [2.45, 2.75) is 31.8 Å². The second-order valence-electron chi connectivity index (χ2n) is 8.21. The number of guanidine groups is 1. The highest BCUT2D eigenvalue weighted by Crippen LogP contribution is 2.33. The standard InChI is InChI=1S/C22H25Br2N5O7S2/c23-13-7-18(37)19(8-14(13)24)38(33,34)10-20(30)29(15(21(31)32)2-1-5-27-22(25)26)28-9-12-3-4-16-17(6-12)36-11-35-16/h3-4,6,8,15,28H,1-2,5,7,9-11H2,(H,31,32)(H4,25,26,27)/t15-/m0/s1. The lowest BCUT2D eigenvalue weighted by molar-refractivity contribution is -0.152. The molecule has 3 rings (SSSR count). The van der Waals surface area contributed by atoms with Gasteiger partial charge in [0.25, 0.3) is 5.91 Å². The number of hydrazine groups is 1. The van der Waals surface area contributed by atoms with E-state index in [1.165, 1.54) is 6.08 Å². The molecule has 0 saturated heterocycles. The van der Waals surface area contributed by atoms with Gasteiger partial charge in [-0.05, 0) is 52.5 Å². The molecule has 206 valence electrons. The molecule has 0 saturated carbocycles. The third kappa shape index (κ3) is 7.75. The van der Waals surface area contributed by atoms with Gasteiger partial charge in [-0.1, -0.05) is 34.2 Å². The van der Waals surface area contributed by atoms with E-state index in [1.54, 1.807) is 18.2 Å². The largest absolute Gasteiger partial charge is 0.480 e. The van der Waals surface area contributed by atoms with Gasteiger partial charge in [-0.25, -0.2) is 18.6 Å². The maximum atomic E-state index is 13.4. The maximum Gasteiger partial charge on any atom is 0.328 e. The Balaban J connectivity index is 1.85. The fourth-order valence-corrected chi connectivity index (χ4v) is 6.64. The highest BCUT2D eigenvalue weighted by molar-refractivity contribution is 9.14. The van der Waals surface area contributed by atoms with Gasteiger partial charge in [0.2, 0.25) is 6.79 Å². The average molecular weight is 695 g/mol. The molecular weight excluding hydrogens is 670 g/mol. The number of carbonyl (C=O) groups is 2. The van der Waals surface area contributed by atoms with Crippen LogP contribution < -0.4 is 26.4 Å². The molecule has 1 aliphatic heterocycles. The third-order valence-corrected chi connectivity index (χ3v) is 9.54. The number of halogens is 2. The quantitative estimate of drug-likeness (QED) is 0.0822. The van der Waals surface area contributed by atoms with E-state index < -0.39 is 33.5 Å². The molecule has 0 bridgehead atoms. The van der Waals surface area contributed by atoms with Crippen molar-refractivity contribution in [3.8, 4) is 11.5 Å². The minimum absolute atomic E-state index is 0.00243. The average Bonchev–Trinajstić information content (AvgIpc) is 3.30. The lowest BCUT2D eigenvalue weighted by Crippen LogP contribution is -2.54. The summed E-state index contributed by atoms with van der Waals surface area (Å²) in [6, 6.07) is 3.66. The Morgan fingerprint density at radius 2 is 1.95 bits per heavy atom. The normalized spacial score (nSPS) is 15.6. The SMILES string of the molecule is NC(N)=NCCC[C@@H](C(=O)O)N(NCc1ccc2c(c1)OCO2)C(=O)CS(=O)(=O)C1=CC(Br)=C(Br)CC1=S. The van der Waals surface area contributed by atoms with E-state index in [0.29, 0.717) is 26.0 Å². The Labute approximate surface area is 241 Å². The van der Waals surface area contributed by atoms with Gasteiger partial charge in [0.05, 0.1) is 4.91 Å². The molecule has 1 aromatic rings. The summed E-state index contributed by atoms with van der Waals surface area (Å²) >= 11 is 11.8. The molecule has 1 aliphatic carbocycles. The molecule has 16 heteroatoms. The molecule has 1 aromatic carbocycles. The molecule has 1 amide bonds. The predicted molar refractivity (Wildman–Crippen MR) is 152 cm³/mol. The summed E-state index contributed by atoms with van der Waals surface area (Å²) < 4.78 is 38.2. The number of carboxylic acid groups (broad SMARTS) is 1. The Morgan fingerprint density at radius 1 is 1.24 bits per heavy atom. The van der Waals surface area contributed by atoms with Gasteiger partial charge in [0.1, 0.15) is 11.8 Å². The van der Waals surface area contributed by atoms with Crippen molar-refractivity contribution in [2.24, 2.45) is 16.5 Å². The molecule has 2 aliphatic rings. The smallest absolute Gasteiger partial charge is 0.328 e. The number of thiocarbonyl (C=S) groups is 1. The van der Waals surface area contributed by atoms with Gasteiger partial charge in [-0.15, -0.1) is 0 Å². The van der Waals surface area contributed by atoms with E-state index in [4.69, 9.17) is 33.2 Å². The fourth-order valence-electron chi connectivity index (χ4n) is 3.61. The van der Waals surface area contributed by atoms with Crippen LogP contribution in [0.3, 0.4) is 0 Å². The maximum absolute atomic E-state index is 13.4. The first-order chi connectivity index (χ1) is 17.9. The number of allylic oxidation sites excluding steroid dienone is 4. The number of hydrogen-bond acceptors (Lipinski definition) is 9. The Hall–Kier alpha value is -2.53. The van der Waals surface area contributed by atoms with Crippen molar-refractivity contribution >= 4 is 76.6 Å². The van der Waals surface area contributed by atoms with E-state index in [9.17, 15) is 23.1 Å². The fraction of sp³-hybridized carbons (Fsp3) is 0.364. The number of fused-ring (bicyclic) bond motifs is 1. The van der Waals surface area contributed by atoms with Crippen LogP contribution in [0.15, 0.2) is 43.1 Å². The van der Waals surface area contributed by atoms with Gasteiger partial charge < -0.3 is 26.0 Å². The number of aliphatic imine (C=N–C) groups is 1. The van der Waals surface area contributed by atoms with Crippen LogP contribution in [0, 0.1) is 0 Å². The Morgan fingerprint density at radius 3 is 2.63 bits per heavy atom. The molecule has 38 heavy (non-hydrogen) atoms. The molecule has 0 unspecified atom stereocenters. The molecule has 0 radical (unpaired) electrons. The van der Waals surface area contributed by atoms with Crippen LogP contribution in [-0.2, 0) is 26.0 Å². The van der Waals surface area contributed by atoms with Gasteiger partial charge in [-0.2, -0.15) is 0 Å². The summed E-state index contributed by atoms with van der Waals surface area (Å²) in [7, 11) is -4.20. The summed E-state index contributed by atoms with van der Waals surface area (Å²) in [5, 5.41) is 10.7. The first-order valence-corrected chi connectivity index (χ1v) is 14.8. The first-order valence-electron chi connectivity index (χ1n) is 11.1. The number of carbonyl (C=O) groups excluding carboxylic acids is 1. The minimum Gasteiger partial charge on any atom is -0.480 e. The van der Waals surface area contributed by atoms with Crippen LogP contribution in [0.5, 0.6) is 11.5 Å². The highest BCUT2D eigenvalue weighted by atomic mass is 79.9. The number of sulfone groups is 1. The van der Waals surface area contributed by atoms with E-state index in [1.807, 2.05) is 0 Å². The summed E-state index contributed by atoms with van der Waals surface area (Å²) in [5.74, 6) is -2.39. The van der Waals surface area contributed by atoms with E-state index >= 15 is 0 Å². The summed E-state index contributed by atoms with van der Waals surface area (Å²) in [6.07, 6.45) is 1.67. The van der Waals surface area contributed by atoms with Crippen LogP contribution in [0.1, 0.15) is 24.8 Å². The molecule has 6 N–H and O–H groups in total. The molecular formula is C22H25Br2N5O7S2. The van der Waals surface area contributed by atoms with E-state index in [0.717, 1.165) is 5.01 Å². The van der Waals surface area contributed by atoms with Crippen molar-refractivity contribution in [1.29, 1.82) is 0 Å². The van der Waals surface area contributed by atoms with Crippen molar-refractivity contribution in [2.75, 3.05) is 19.1 Å². The van der Waals surface area contributed by atoms with Gasteiger partial charge in [0.15, 0.2) is 27.3 Å². The highest BCUT2D eigenvalue weighted by Gasteiger charge is 2.35.